The standard InChI is InChI=1S/C23H42N2.C6H7N3S/c1-6-10-12-20(8-3)17-25(18-21(9-4)13-11-7-2)22-14-15-23(24)19(5)16-22;1-2-5-4(3-7)6(8)10-9-5/h14-16,20-21H,6-13,17-18,24H2,1-5H3;2,8H2,1H3. The van der Waals surface area contributed by atoms with Crippen LogP contribution in [0.1, 0.15) is 103 Å². The number of hydrogen-bond donors (Lipinski definition) is 2. The lowest BCUT2D eigenvalue weighted by atomic mass is 9.95. The monoisotopic (exact) mass is 499 g/mol. The van der Waals surface area contributed by atoms with E-state index in [4.69, 9.17) is 16.7 Å². The van der Waals surface area contributed by atoms with Crippen LogP contribution < -0.4 is 16.4 Å². The molecule has 2 aromatic rings. The summed E-state index contributed by atoms with van der Waals surface area (Å²) in [5.41, 5.74) is 16.3. The summed E-state index contributed by atoms with van der Waals surface area (Å²) in [5, 5.41) is 9.08. The van der Waals surface area contributed by atoms with Gasteiger partial charge in [-0.25, -0.2) is 0 Å². The van der Waals surface area contributed by atoms with Gasteiger partial charge in [-0.15, -0.1) is 0 Å². The number of nitrogens with two attached hydrogens (primary N) is 2. The maximum atomic E-state index is 8.56. The summed E-state index contributed by atoms with van der Waals surface area (Å²) in [6.07, 6.45) is 11.3. The van der Waals surface area contributed by atoms with Crippen molar-refractivity contribution < 1.29 is 0 Å². The van der Waals surface area contributed by atoms with Gasteiger partial charge < -0.3 is 16.4 Å². The number of benzene rings is 1. The van der Waals surface area contributed by atoms with Gasteiger partial charge in [-0.3, -0.25) is 0 Å². The van der Waals surface area contributed by atoms with Gasteiger partial charge >= 0.3 is 0 Å². The van der Waals surface area contributed by atoms with Gasteiger partial charge in [0.1, 0.15) is 16.6 Å². The predicted molar refractivity (Wildman–Crippen MR) is 155 cm³/mol. The maximum absolute atomic E-state index is 8.56. The van der Waals surface area contributed by atoms with Crippen LogP contribution in [0.4, 0.5) is 16.4 Å². The van der Waals surface area contributed by atoms with Crippen LogP contribution in [0, 0.1) is 30.1 Å². The van der Waals surface area contributed by atoms with Crippen molar-refractivity contribution in [3.05, 3.63) is 35.0 Å². The molecule has 5 nitrogen and oxygen atoms in total. The molecule has 4 N–H and O–H groups in total. The maximum Gasteiger partial charge on any atom is 0.125 e. The van der Waals surface area contributed by atoms with E-state index in [9.17, 15) is 0 Å². The summed E-state index contributed by atoms with van der Waals surface area (Å²) in [5.74, 6) is 1.59. The van der Waals surface area contributed by atoms with Gasteiger partial charge in [0, 0.05) is 24.5 Å². The first kappa shape index (κ1) is 30.8. The van der Waals surface area contributed by atoms with Gasteiger partial charge in [0.15, 0.2) is 0 Å². The molecule has 1 aromatic heterocycles. The molecule has 2 unspecified atom stereocenters. The molecule has 0 bridgehead atoms. The molecule has 2 rings (SSSR count). The highest BCUT2D eigenvalue weighted by molar-refractivity contribution is 7.10. The van der Waals surface area contributed by atoms with E-state index in [1.54, 1.807) is 0 Å². The smallest absolute Gasteiger partial charge is 0.125 e. The highest BCUT2D eigenvalue weighted by atomic mass is 32.1. The molecule has 0 aliphatic rings. The fourth-order valence-electron chi connectivity index (χ4n) is 4.30. The van der Waals surface area contributed by atoms with Crippen LogP contribution in [0.25, 0.3) is 0 Å². The Morgan fingerprint density at radius 1 is 0.971 bits per heavy atom. The van der Waals surface area contributed by atoms with Crippen LogP contribution in [0.3, 0.4) is 0 Å². The first-order valence-electron chi connectivity index (χ1n) is 13.6. The number of aryl methyl sites for hydroxylation is 2. The third kappa shape index (κ3) is 10.5. The Bertz CT molecular complexity index is 868. The molecule has 1 aromatic carbocycles. The Balaban J connectivity index is 0.000000507. The van der Waals surface area contributed by atoms with E-state index in [-0.39, 0.29) is 0 Å². The molecule has 0 saturated heterocycles. The molecular formula is C29H49N5S. The second-order valence-corrected chi connectivity index (χ2v) is 10.4. The topological polar surface area (TPSA) is 92.0 Å². The van der Waals surface area contributed by atoms with E-state index in [1.165, 1.54) is 87.2 Å². The van der Waals surface area contributed by atoms with Crippen molar-refractivity contribution >= 4 is 27.9 Å². The number of aromatic nitrogens is 1. The van der Waals surface area contributed by atoms with Gasteiger partial charge in [-0.1, -0.05) is 73.1 Å². The van der Waals surface area contributed by atoms with Crippen molar-refractivity contribution in [3.8, 4) is 6.07 Å². The largest absolute Gasteiger partial charge is 0.399 e. The van der Waals surface area contributed by atoms with Crippen LogP contribution in [-0.4, -0.2) is 17.5 Å². The van der Waals surface area contributed by atoms with Gasteiger partial charge in [0.25, 0.3) is 0 Å². The number of nitriles is 1. The fraction of sp³-hybridized carbons (Fsp3) is 0.655. The third-order valence-electron chi connectivity index (χ3n) is 6.90. The Kier molecular flexibility index (Phi) is 15.1. The second kappa shape index (κ2) is 17.2. The summed E-state index contributed by atoms with van der Waals surface area (Å²) in [6.45, 7) is 15.7. The Hall–Kier alpha value is -2.26. The molecule has 6 heteroatoms. The molecule has 0 aliphatic heterocycles. The quantitative estimate of drug-likeness (QED) is 0.257. The lowest BCUT2D eigenvalue weighted by Crippen LogP contribution is -2.34. The number of nitrogens with zero attached hydrogens (tertiary/aromatic N) is 3. The Morgan fingerprint density at radius 2 is 1.54 bits per heavy atom. The first-order chi connectivity index (χ1) is 16.8. The van der Waals surface area contributed by atoms with E-state index in [0.717, 1.165) is 29.6 Å². The van der Waals surface area contributed by atoms with Gasteiger partial charge in [0.2, 0.25) is 0 Å². The zero-order valence-electron chi connectivity index (χ0n) is 23.1. The summed E-state index contributed by atoms with van der Waals surface area (Å²) in [4.78, 5) is 2.65. The molecule has 0 amide bonds. The average Bonchev–Trinajstić information content (AvgIpc) is 3.24. The number of unbranched alkanes of at least 4 members (excludes halogenated alkanes) is 2. The van der Waals surface area contributed by atoms with E-state index >= 15 is 0 Å². The fourth-order valence-corrected chi connectivity index (χ4v) is 4.98. The van der Waals surface area contributed by atoms with E-state index in [2.05, 4.69) is 62.1 Å². The molecule has 1 heterocycles. The average molecular weight is 500 g/mol. The molecule has 0 spiro atoms. The van der Waals surface area contributed by atoms with Crippen LogP contribution in [0.5, 0.6) is 0 Å². The van der Waals surface area contributed by atoms with Gasteiger partial charge in [-0.05, 0) is 73.3 Å². The summed E-state index contributed by atoms with van der Waals surface area (Å²) >= 11 is 1.19. The minimum absolute atomic E-state index is 0.527. The highest BCUT2D eigenvalue weighted by Gasteiger charge is 2.18. The van der Waals surface area contributed by atoms with E-state index in [0.29, 0.717) is 10.6 Å². The minimum Gasteiger partial charge on any atom is -0.399 e. The molecule has 35 heavy (non-hydrogen) atoms. The molecule has 2 atom stereocenters. The lowest BCUT2D eigenvalue weighted by Gasteiger charge is -2.33. The predicted octanol–water partition coefficient (Wildman–Crippen LogP) is 7.98. The lowest BCUT2D eigenvalue weighted by molar-refractivity contribution is 0.403. The van der Waals surface area contributed by atoms with Crippen molar-refractivity contribution in [2.24, 2.45) is 11.8 Å². The second-order valence-electron chi connectivity index (χ2n) is 9.61. The number of nitrogen functional groups attached to an aromatic ring is 2. The summed E-state index contributed by atoms with van der Waals surface area (Å²) < 4.78 is 4.00. The summed E-state index contributed by atoms with van der Waals surface area (Å²) in [7, 11) is 0. The van der Waals surface area contributed by atoms with Gasteiger partial charge in [0.05, 0.1) is 5.69 Å². The Morgan fingerprint density at radius 3 is 1.94 bits per heavy atom. The number of anilines is 3. The highest BCUT2D eigenvalue weighted by Crippen LogP contribution is 2.26. The third-order valence-corrected chi connectivity index (χ3v) is 7.61. The first-order valence-corrected chi connectivity index (χ1v) is 14.4. The number of rotatable bonds is 14. The molecular weight excluding hydrogens is 450 g/mol. The Labute approximate surface area is 219 Å². The van der Waals surface area contributed by atoms with Crippen molar-refractivity contribution in [2.75, 3.05) is 29.5 Å². The van der Waals surface area contributed by atoms with Crippen molar-refractivity contribution in [1.29, 1.82) is 5.26 Å². The minimum atomic E-state index is 0.527. The zero-order valence-corrected chi connectivity index (χ0v) is 23.9. The molecule has 0 aliphatic carbocycles. The molecule has 0 radical (unpaired) electrons. The van der Waals surface area contributed by atoms with Gasteiger partial charge in [-0.2, -0.15) is 9.64 Å². The van der Waals surface area contributed by atoms with Crippen molar-refractivity contribution in [2.45, 2.75) is 99.3 Å². The zero-order chi connectivity index (χ0) is 26.2. The molecule has 0 fully saturated rings. The van der Waals surface area contributed by atoms with Crippen molar-refractivity contribution in [3.63, 3.8) is 0 Å². The SMILES string of the molecule is CCCCC(CC)CN(CC(CC)CCCC)c1ccc(N)c(C)c1.CCc1nsc(N)c1C#N. The van der Waals surface area contributed by atoms with Crippen LogP contribution >= 0.6 is 11.5 Å². The molecule has 196 valence electrons. The van der Waals surface area contributed by atoms with E-state index < -0.39 is 0 Å². The summed E-state index contributed by atoms with van der Waals surface area (Å²) in [6, 6.07) is 8.61. The van der Waals surface area contributed by atoms with Crippen LogP contribution in [0.2, 0.25) is 0 Å². The molecule has 0 saturated carbocycles. The van der Waals surface area contributed by atoms with E-state index in [1.807, 2.05) is 13.0 Å². The number of hydrogen-bond acceptors (Lipinski definition) is 6. The van der Waals surface area contributed by atoms with Crippen LogP contribution in [-0.2, 0) is 6.42 Å². The van der Waals surface area contributed by atoms with Crippen LogP contribution in [0.15, 0.2) is 18.2 Å². The normalized spacial score (nSPS) is 12.4. The van der Waals surface area contributed by atoms with Crippen molar-refractivity contribution in [1.82, 2.24) is 4.37 Å².